The van der Waals surface area contributed by atoms with E-state index in [0.717, 1.165) is 42.0 Å². The molecule has 4 rings (SSSR count). The Hall–Kier alpha value is -3.42. The Kier molecular flexibility index (Phi) is 4.92. The minimum atomic E-state index is -4.44. The predicted molar refractivity (Wildman–Crippen MR) is 103 cm³/mol. The van der Waals surface area contributed by atoms with Crippen LogP contribution in [0.3, 0.4) is 0 Å². The van der Waals surface area contributed by atoms with Crippen LogP contribution in [0, 0.1) is 0 Å². The molecular formula is C21H17F3N4O. The fraction of sp³-hybridized carbons (Fsp3) is 0.190. The highest BCUT2D eigenvalue weighted by Crippen LogP contribution is 2.29. The highest BCUT2D eigenvalue weighted by molar-refractivity contribution is 6.06. The lowest BCUT2D eigenvalue weighted by atomic mass is 10.0. The lowest BCUT2D eigenvalue weighted by molar-refractivity contribution is -0.137. The Morgan fingerprint density at radius 2 is 2.00 bits per heavy atom. The second kappa shape index (κ2) is 7.54. The van der Waals surface area contributed by atoms with Crippen LogP contribution < -0.4 is 10.6 Å². The molecule has 0 radical (unpaired) electrons. The molecule has 0 bridgehead atoms. The number of halogens is 3. The lowest BCUT2D eigenvalue weighted by Gasteiger charge is -2.10. The molecular weight excluding hydrogens is 381 g/mol. The van der Waals surface area contributed by atoms with Gasteiger partial charge in [-0.2, -0.15) is 13.2 Å². The third kappa shape index (κ3) is 4.21. The van der Waals surface area contributed by atoms with Gasteiger partial charge in [0.25, 0.3) is 5.91 Å². The minimum absolute atomic E-state index is 0.243. The fourth-order valence-electron chi connectivity index (χ4n) is 3.37. The summed E-state index contributed by atoms with van der Waals surface area (Å²) in [6, 6.07) is 9.93. The summed E-state index contributed by atoms with van der Waals surface area (Å²) in [5, 5.41) is 6.01. The van der Waals surface area contributed by atoms with Crippen molar-refractivity contribution in [3.8, 4) is 0 Å². The van der Waals surface area contributed by atoms with E-state index in [9.17, 15) is 18.0 Å². The number of rotatable bonds is 4. The number of carbonyl (C=O) groups is 1. The zero-order valence-corrected chi connectivity index (χ0v) is 15.3. The molecule has 3 heterocycles. The summed E-state index contributed by atoms with van der Waals surface area (Å²) in [7, 11) is 0. The summed E-state index contributed by atoms with van der Waals surface area (Å²) in [6.45, 7) is 0.790. The number of pyridine rings is 2. The molecule has 2 N–H and O–H groups in total. The average Bonchev–Trinajstić information content (AvgIpc) is 3.16. The first-order valence-electron chi connectivity index (χ1n) is 9.03. The van der Waals surface area contributed by atoms with E-state index in [1.54, 1.807) is 18.2 Å². The van der Waals surface area contributed by atoms with E-state index < -0.39 is 11.7 Å². The molecule has 1 aromatic carbocycles. The monoisotopic (exact) mass is 398 g/mol. The van der Waals surface area contributed by atoms with Crippen LogP contribution in [0.5, 0.6) is 0 Å². The summed E-state index contributed by atoms with van der Waals surface area (Å²) in [5.41, 5.74) is 2.87. The molecule has 3 aromatic rings. The van der Waals surface area contributed by atoms with E-state index in [-0.39, 0.29) is 12.3 Å². The summed E-state index contributed by atoms with van der Waals surface area (Å²) in [6.07, 6.45) is 0.291. The van der Waals surface area contributed by atoms with E-state index in [1.165, 1.54) is 12.4 Å². The fourth-order valence-corrected chi connectivity index (χ4v) is 3.37. The lowest BCUT2D eigenvalue weighted by Crippen LogP contribution is -2.15. The topological polar surface area (TPSA) is 66.9 Å². The molecule has 0 saturated heterocycles. The average molecular weight is 398 g/mol. The van der Waals surface area contributed by atoms with Gasteiger partial charge < -0.3 is 10.6 Å². The summed E-state index contributed by atoms with van der Waals surface area (Å²) in [5.74, 6) is 0.0759. The molecule has 1 amide bonds. The number of nitrogens with zero attached hydrogens (tertiary/aromatic N) is 2. The molecule has 29 heavy (non-hydrogen) atoms. The molecule has 148 valence electrons. The van der Waals surface area contributed by atoms with Gasteiger partial charge in [-0.05, 0) is 59.9 Å². The molecule has 2 aromatic heterocycles. The molecule has 0 aliphatic carbocycles. The van der Waals surface area contributed by atoms with Crippen molar-refractivity contribution in [3.63, 3.8) is 0 Å². The quantitative estimate of drug-likeness (QED) is 0.688. The smallest absolute Gasteiger partial charge is 0.384 e. The first kappa shape index (κ1) is 18.9. The van der Waals surface area contributed by atoms with Crippen molar-refractivity contribution in [1.82, 2.24) is 9.97 Å². The zero-order chi connectivity index (χ0) is 20.4. The van der Waals surface area contributed by atoms with E-state index in [2.05, 4.69) is 20.6 Å². The van der Waals surface area contributed by atoms with Crippen LogP contribution in [0.4, 0.5) is 24.7 Å². The number of anilines is 2. The normalized spacial score (nSPS) is 12.9. The molecule has 0 atom stereocenters. The van der Waals surface area contributed by atoms with Crippen LogP contribution in [-0.4, -0.2) is 22.4 Å². The van der Waals surface area contributed by atoms with Crippen LogP contribution in [0.2, 0.25) is 0 Å². The van der Waals surface area contributed by atoms with Crippen LogP contribution >= 0.6 is 0 Å². The number of aromatic nitrogens is 2. The highest BCUT2D eigenvalue weighted by atomic mass is 19.4. The first-order valence-corrected chi connectivity index (χ1v) is 9.03. The highest BCUT2D eigenvalue weighted by Gasteiger charge is 2.31. The third-order valence-corrected chi connectivity index (χ3v) is 4.71. The minimum Gasteiger partial charge on any atom is -0.384 e. The van der Waals surface area contributed by atoms with E-state index in [4.69, 9.17) is 0 Å². The van der Waals surface area contributed by atoms with Gasteiger partial charge in [0.2, 0.25) is 0 Å². The van der Waals surface area contributed by atoms with Crippen molar-refractivity contribution in [2.45, 2.75) is 19.0 Å². The van der Waals surface area contributed by atoms with E-state index in [1.807, 2.05) is 12.1 Å². The zero-order valence-electron chi connectivity index (χ0n) is 15.3. The maximum Gasteiger partial charge on any atom is 0.417 e. The standard InChI is InChI=1S/C21H17F3N4O/c22-21(23,24)15-9-14(11-25-12-15)8-13-4-6-27-19(10-13)28-20(29)17-2-1-3-18-16(17)5-7-26-18/h1-4,6,9-12,26H,5,7-8H2,(H,27,28,29). The van der Waals surface area contributed by atoms with Gasteiger partial charge in [0, 0.05) is 36.4 Å². The second-order valence-electron chi connectivity index (χ2n) is 6.77. The molecule has 0 unspecified atom stereocenters. The maximum atomic E-state index is 12.9. The Labute approximate surface area is 165 Å². The van der Waals surface area contributed by atoms with E-state index >= 15 is 0 Å². The number of carbonyl (C=O) groups excluding carboxylic acids is 1. The van der Waals surface area contributed by atoms with Gasteiger partial charge in [-0.25, -0.2) is 4.98 Å². The molecule has 8 heteroatoms. The summed E-state index contributed by atoms with van der Waals surface area (Å²) in [4.78, 5) is 20.5. The molecule has 1 aliphatic rings. The van der Waals surface area contributed by atoms with Crippen LogP contribution in [0.1, 0.15) is 32.6 Å². The van der Waals surface area contributed by atoms with Crippen molar-refractivity contribution < 1.29 is 18.0 Å². The van der Waals surface area contributed by atoms with Crippen molar-refractivity contribution in [2.24, 2.45) is 0 Å². The van der Waals surface area contributed by atoms with Gasteiger partial charge >= 0.3 is 6.18 Å². The Morgan fingerprint density at radius 3 is 2.83 bits per heavy atom. The van der Waals surface area contributed by atoms with Gasteiger partial charge in [0.1, 0.15) is 5.82 Å². The molecule has 0 saturated carbocycles. The van der Waals surface area contributed by atoms with Crippen molar-refractivity contribution in [3.05, 3.63) is 82.8 Å². The molecule has 5 nitrogen and oxygen atoms in total. The van der Waals surface area contributed by atoms with Crippen molar-refractivity contribution in [2.75, 3.05) is 17.2 Å². The second-order valence-corrected chi connectivity index (χ2v) is 6.77. The van der Waals surface area contributed by atoms with Gasteiger partial charge in [-0.1, -0.05) is 6.07 Å². The Balaban J connectivity index is 1.51. The Morgan fingerprint density at radius 1 is 1.14 bits per heavy atom. The number of hydrogen-bond donors (Lipinski definition) is 2. The number of hydrogen-bond acceptors (Lipinski definition) is 4. The number of amides is 1. The number of alkyl halides is 3. The van der Waals surface area contributed by atoms with Gasteiger partial charge in [-0.15, -0.1) is 0 Å². The predicted octanol–water partition coefficient (Wildman–Crippen LogP) is 4.31. The van der Waals surface area contributed by atoms with Gasteiger partial charge in [-0.3, -0.25) is 9.78 Å². The maximum absolute atomic E-state index is 12.9. The number of benzene rings is 1. The van der Waals surface area contributed by atoms with Crippen molar-refractivity contribution in [1.29, 1.82) is 0 Å². The number of nitrogens with one attached hydrogen (secondary N) is 2. The third-order valence-electron chi connectivity index (χ3n) is 4.71. The largest absolute Gasteiger partial charge is 0.417 e. The Bertz CT molecular complexity index is 1070. The first-order chi connectivity index (χ1) is 13.9. The summed E-state index contributed by atoms with van der Waals surface area (Å²) < 4.78 is 38.6. The van der Waals surface area contributed by atoms with Gasteiger partial charge in [0.05, 0.1) is 5.56 Å². The van der Waals surface area contributed by atoms with Crippen LogP contribution in [0.25, 0.3) is 0 Å². The molecule has 1 aliphatic heterocycles. The summed E-state index contributed by atoms with van der Waals surface area (Å²) >= 11 is 0. The molecule has 0 spiro atoms. The van der Waals surface area contributed by atoms with Crippen LogP contribution in [0.15, 0.2) is 55.0 Å². The van der Waals surface area contributed by atoms with Gasteiger partial charge in [0.15, 0.2) is 0 Å². The SMILES string of the molecule is O=C(Nc1cc(Cc2cncc(C(F)(F)F)c2)ccn1)c1cccc2c1CCN2. The number of fused-ring (bicyclic) bond motifs is 1. The molecule has 0 fully saturated rings. The van der Waals surface area contributed by atoms with Crippen LogP contribution in [-0.2, 0) is 19.0 Å². The van der Waals surface area contributed by atoms with Crippen molar-refractivity contribution >= 4 is 17.4 Å². The van der Waals surface area contributed by atoms with E-state index in [0.29, 0.717) is 16.9 Å².